The van der Waals surface area contributed by atoms with Gasteiger partial charge in [0.15, 0.2) is 11.5 Å². The van der Waals surface area contributed by atoms with Crippen molar-refractivity contribution in [2.45, 2.75) is 26.3 Å². The summed E-state index contributed by atoms with van der Waals surface area (Å²) < 4.78 is 16.2. The summed E-state index contributed by atoms with van der Waals surface area (Å²) in [5.41, 5.74) is 2.23. The quantitative estimate of drug-likeness (QED) is 0.746. The highest BCUT2D eigenvalue weighted by molar-refractivity contribution is 5.73. The zero-order chi connectivity index (χ0) is 18.4. The smallest absolute Gasteiger partial charge is 0.315 e. The van der Waals surface area contributed by atoms with E-state index in [0.717, 1.165) is 17.1 Å². The minimum Gasteiger partial charge on any atom is -0.492 e. The first kappa shape index (κ1) is 17.9. The van der Waals surface area contributed by atoms with Crippen molar-refractivity contribution in [3.8, 4) is 17.2 Å². The molecule has 0 saturated carbocycles. The second-order valence-corrected chi connectivity index (χ2v) is 6.37. The van der Waals surface area contributed by atoms with Crippen LogP contribution in [-0.4, -0.2) is 26.0 Å². The highest BCUT2D eigenvalue weighted by Gasteiger charge is 2.13. The fourth-order valence-electron chi connectivity index (χ4n) is 2.58. The Hall–Kier alpha value is -2.89. The van der Waals surface area contributed by atoms with Crippen LogP contribution >= 0.6 is 0 Å². The Kier molecular flexibility index (Phi) is 5.84. The predicted molar refractivity (Wildman–Crippen MR) is 98.8 cm³/mol. The Bertz CT molecular complexity index is 744. The van der Waals surface area contributed by atoms with Crippen LogP contribution in [0, 0.1) is 0 Å². The van der Waals surface area contributed by atoms with Crippen LogP contribution in [-0.2, 0) is 6.54 Å². The molecule has 3 rings (SSSR count). The summed E-state index contributed by atoms with van der Waals surface area (Å²) in [7, 11) is 0. The molecule has 0 saturated heterocycles. The van der Waals surface area contributed by atoms with Crippen LogP contribution in [0.1, 0.15) is 30.9 Å². The largest absolute Gasteiger partial charge is 0.492 e. The molecule has 26 heavy (non-hydrogen) atoms. The highest BCUT2D eigenvalue weighted by Crippen LogP contribution is 2.32. The molecule has 0 spiro atoms. The molecule has 0 radical (unpaired) electrons. The van der Waals surface area contributed by atoms with E-state index in [0.29, 0.717) is 31.4 Å². The van der Waals surface area contributed by atoms with E-state index in [1.807, 2.05) is 30.3 Å². The first-order valence-electron chi connectivity index (χ1n) is 8.75. The molecule has 1 heterocycles. The number of hydrogen-bond acceptors (Lipinski definition) is 4. The number of rotatable bonds is 7. The molecular weight excluding hydrogens is 332 g/mol. The van der Waals surface area contributed by atoms with Gasteiger partial charge in [-0.2, -0.15) is 0 Å². The Morgan fingerprint density at radius 1 is 1.08 bits per heavy atom. The van der Waals surface area contributed by atoms with Crippen molar-refractivity contribution in [3.63, 3.8) is 0 Å². The van der Waals surface area contributed by atoms with E-state index < -0.39 is 0 Å². The van der Waals surface area contributed by atoms with Crippen molar-refractivity contribution < 1.29 is 19.0 Å². The van der Waals surface area contributed by atoms with Crippen molar-refractivity contribution >= 4 is 6.03 Å². The number of ether oxygens (including phenoxy) is 3. The first-order chi connectivity index (χ1) is 12.6. The third-order valence-electron chi connectivity index (χ3n) is 4.09. The molecule has 6 nitrogen and oxygen atoms in total. The molecule has 0 unspecified atom stereocenters. The zero-order valence-electron chi connectivity index (χ0n) is 15.1. The summed E-state index contributed by atoms with van der Waals surface area (Å²) in [6.45, 7) is 5.81. The fraction of sp³-hybridized carbons (Fsp3) is 0.350. The molecule has 6 heteroatoms. The third kappa shape index (κ3) is 4.81. The van der Waals surface area contributed by atoms with Crippen molar-refractivity contribution in [3.05, 3.63) is 53.6 Å². The number of nitrogens with one attached hydrogen (secondary N) is 2. The molecule has 2 aromatic carbocycles. The van der Waals surface area contributed by atoms with Crippen LogP contribution in [0.2, 0.25) is 0 Å². The molecule has 0 bridgehead atoms. The second kappa shape index (κ2) is 8.47. The van der Waals surface area contributed by atoms with Gasteiger partial charge in [0, 0.05) is 6.54 Å². The van der Waals surface area contributed by atoms with Crippen LogP contribution in [0.3, 0.4) is 0 Å². The minimum atomic E-state index is -0.235. The van der Waals surface area contributed by atoms with Gasteiger partial charge in [0.1, 0.15) is 12.4 Å². The lowest BCUT2D eigenvalue weighted by molar-refractivity contribution is 0.174. The van der Waals surface area contributed by atoms with Gasteiger partial charge >= 0.3 is 6.03 Å². The Balaban J connectivity index is 1.34. The summed E-state index contributed by atoms with van der Waals surface area (Å²) in [6, 6.07) is 13.4. The highest BCUT2D eigenvalue weighted by atomic mass is 16.7. The van der Waals surface area contributed by atoms with E-state index >= 15 is 0 Å². The molecule has 0 fully saturated rings. The fourth-order valence-corrected chi connectivity index (χ4v) is 2.58. The maximum absolute atomic E-state index is 11.8. The number of hydrogen-bond donors (Lipinski definition) is 2. The number of fused-ring (bicyclic) bond motifs is 1. The molecular formula is C20H24N2O4. The summed E-state index contributed by atoms with van der Waals surface area (Å²) in [4.78, 5) is 11.8. The second-order valence-electron chi connectivity index (χ2n) is 6.37. The SMILES string of the molecule is CC(C)c1ccc(OCCNC(=O)NCc2ccc3c(c2)OCO3)cc1. The first-order valence-corrected chi connectivity index (χ1v) is 8.75. The van der Waals surface area contributed by atoms with Crippen LogP contribution in [0.4, 0.5) is 4.79 Å². The average Bonchev–Trinajstić information content (AvgIpc) is 3.11. The van der Waals surface area contributed by atoms with Gasteiger partial charge in [-0.3, -0.25) is 0 Å². The molecule has 0 aromatic heterocycles. The van der Waals surface area contributed by atoms with Gasteiger partial charge in [0.05, 0.1) is 6.54 Å². The topological polar surface area (TPSA) is 68.8 Å². The van der Waals surface area contributed by atoms with Gasteiger partial charge in [-0.25, -0.2) is 4.79 Å². The van der Waals surface area contributed by atoms with Gasteiger partial charge in [-0.1, -0.05) is 32.0 Å². The van der Waals surface area contributed by atoms with Crippen molar-refractivity contribution in [2.24, 2.45) is 0 Å². The molecule has 2 aromatic rings. The molecule has 2 amide bonds. The van der Waals surface area contributed by atoms with Crippen molar-refractivity contribution in [1.82, 2.24) is 10.6 Å². The number of benzene rings is 2. The molecule has 1 aliphatic heterocycles. The number of carbonyl (C=O) groups excluding carboxylic acids is 1. The zero-order valence-corrected chi connectivity index (χ0v) is 15.1. The van der Waals surface area contributed by atoms with Crippen LogP contribution in [0.25, 0.3) is 0 Å². The number of amides is 2. The molecule has 0 aliphatic carbocycles. The van der Waals surface area contributed by atoms with E-state index in [9.17, 15) is 4.79 Å². The van der Waals surface area contributed by atoms with Crippen LogP contribution < -0.4 is 24.8 Å². The molecule has 2 N–H and O–H groups in total. The standard InChI is InChI=1S/C20H24N2O4/c1-14(2)16-4-6-17(7-5-16)24-10-9-21-20(23)22-12-15-3-8-18-19(11-15)26-13-25-18/h3-8,11,14H,9-10,12-13H2,1-2H3,(H2,21,22,23). The summed E-state index contributed by atoms with van der Waals surface area (Å²) >= 11 is 0. The molecule has 138 valence electrons. The lowest BCUT2D eigenvalue weighted by Gasteiger charge is -2.10. The average molecular weight is 356 g/mol. The number of carbonyl (C=O) groups is 1. The monoisotopic (exact) mass is 356 g/mol. The van der Waals surface area contributed by atoms with Crippen LogP contribution in [0.5, 0.6) is 17.2 Å². The minimum absolute atomic E-state index is 0.235. The Morgan fingerprint density at radius 2 is 1.85 bits per heavy atom. The number of urea groups is 1. The van der Waals surface area contributed by atoms with Gasteiger partial charge in [0.25, 0.3) is 0 Å². The van der Waals surface area contributed by atoms with Crippen molar-refractivity contribution in [2.75, 3.05) is 19.9 Å². The Morgan fingerprint density at radius 3 is 2.62 bits per heavy atom. The summed E-state index contributed by atoms with van der Waals surface area (Å²) in [5, 5.41) is 5.58. The van der Waals surface area contributed by atoms with E-state index in [2.05, 4.69) is 36.6 Å². The van der Waals surface area contributed by atoms with Gasteiger partial charge in [-0.15, -0.1) is 0 Å². The normalized spacial score (nSPS) is 12.1. The van der Waals surface area contributed by atoms with E-state index in [-0.39, 0.29) is 12.8 Å². The maximum atomic E-state index is 11.8. The summed E-state index contributed by atoms with van der Waals surface area (Å²) in [6.07, 6.45) is 0. The maximum Gasteiger partial charge on any atom is 0.315 e. The van der Waals surface area contributed by atoms with Crippen LogP contribution in [0.15, 0.2) is 42.5 Å². The van der Waals surface area contributed by atoms with Gasteiger partial charge in [0.2, 0.25) is 6.79 Å². The summed E-state index contributed by atoms with van der Waals surface area (Å²) in [5.74, 6) is 2.74. The van der Waals surface area contributed by atoms with Gasteiger partial charge in [-0.05, 0) is 41.3 Å². The van der Waals surface area contributed by atoms with Crippen molar-refractivity contribution in [1.29, 1.82) is 0 Å². The lowest BCUT2D eigenvalue weighted by atomic mass is 10.0. The third-order valence-corrected chi connectivity index (χ3v) is 4.09. The predicted octanol–water partition coefficient (Wildman–Crippen LogP) is 3.42. The Labute approximate surface area is 153 Å². The van der Waals surface area contributed by atoms with E-state index in [1.165, 1.54) is 5.56 Å². The van der Waals surface area contributed by atoms with Gasteiger partial charge < -0.3 is 24.8 Å². The van der Waals surface area contributed by atoms with E-state index in [1.54, 1.807) is 0 Å². The lowest BCUT2D eigenvalue weighted by Crippen LogP contribution is -2.37. The molecule has 0 atom stereocenters. The molecule has 1 aliphatic rings. The van der Waals surface area contributed by atoms with E-state index in [4.69, 9.17) is 14.2 Å².